The Morgan fingerprint density at radius 1 is 1.40 bits per heavy atom. The number of carbonyl (C=O) groups excluding carboxylic acids is 1. The highest BCUT2D eigenvalue weighted by atomic mass is 32.2. The molecule has 0 spiro atoms. The van der Waals surface area contributed by atoms with Crippen molar-refractivity contribution in [2.24, 2.45) is 4.99 Å². The number of hydrogen-bond acceptors (Lipinski definition) is 6. The third-order valence-electron chi connectivity index (χ3n) is 5.03. The summed E-state index contributed by atoms with van der Waals surface area (Å²) < 4.78 is 5.44. The Labute approximate surface area is 152 Å². The Balaban J connectivity index is 1.46. The summed E-state index contributed by atoms with van der Waals surface area (Å²) in [5.41, 5.74) is 1.98. The molecule has 0 aliphatic carbocycles. The van der Waals surface area contributed by atoms with Crippen LogP contribution in [0, 0.1) is 0 Å². The molecular weight excluding hydrogens is 336 g/mol. The molecule has 0 saturated carbocycles. The van der Waals surface area contributed by atoms with Crippen LogP contribution in [-0.4, -0.2) is 45.7 Å². The molecule has 1 aromatic heterocycles. The minimum atomic E-state index is 0.0490. The van der Waals surface area contributed by atoms with Gasteiger partial charge in [-0.1, -0.05) is 30.8 Å². The number of amides is 1. The van der Waals surface area contributed by atoms with Crippen LogP contribution < -0.4 is 0 Å². The van der Waals surface area contributed by atoms with E-state index >= 15 is 0 Å². The first-order valence-electron chi connectivity index (χ1n) is 9.07. The van der Waals surface area contributed by atoms with Gasteiger partial charge in [0.25, 0.3) is 0 Å². The van der Waals surface area contributed by atoms with Gasteiger partial charge in [-0.15, -0.1) is 0 Å². The van der Waals surface area contributed by atoms with Crippen LogP contribution in [0.4, 0.5) is 0 Å². The molecule has 1 saturated heterocycles. The van der Waals surface area contributed by atoms with E-state index in [-0.39, 0.29) is 11.9 Å². The Morgan fingerprint density at radius 3 is 3.08 bits per heavy atom. The summed E-state index contributed by atoms with van der Waals surface area (Å²) in [5.74, 6) is 1.37. The lowest BCUT2D eigenvalue weighted by molar-refractivity contribution is -0.131. The number of rotatable bonds is 4. The van der Waals surface area contributed by atoms with Crippen LogP contribution in [0.5, 0.6) is 0 Å². The van der Waals surface area contributed by atoms with E-state index in [9.17, 15) is 4.79 Å². The van der Waals surface area contributed by atoms with Crippen molar-refractivity contribution in [2.45, 2.75) is 51.5 Å². The van der Waals surface area contributed by atoms with E-state index in [4.69, 9.17) is 4.52 Å². The molecule has 1 fully saturated rings. The van der Waals surface area contributed by atoms with Gasteiger partial charge in [0.1, 0.15) is 11.5 Å². The lowest BCUT2D eigenvalue weighted by Crippen LogP contribution is -2.35. The van der Waals surface area contributed by atoms with Crippen molar-refractivity contribution in [3.63, 3.8) is 0 Å². The summed E-state index contributed by atoms with van der Waals surface area (Å²) >= 11 is 1.64. The molecule has 1 unspecified atom stereocenters. The molecule has 0 aromatic carbocycles. The molecule has 6 nitrogen and oxygen atoms in total. The van der Waals surface area contributed by atoms with Gasteiger partial charge in [0, 0.05) is 37.3 Å². The molecule has 0 N–H and O–H groups in total. The third-order valence-corrected chi connectivity index (χ3v) is 5.98. The number of carbonyl (C=O) groups is 1. The average Bonchev–Trinajstić information content (AvgIpc) is 3.34. The largest absolute Gasteiger partial charge is 0.361 e. The number of likely N-dealkylation sites (tertiary alicyclic amines) is 1. The molecule has 0 radical (unpaired) electrons. The first kappa shape index (κ1) is 16.7. The second kappa shape index (κ2) is 6.86. The molecule has 4 heterocycles. The summed E-state index contributed by atoms with van der Waals surface area (Å²) in [6.45, 7) is 6.84. The maximum Gasteiger partial charge on any atom is 0.229 e. The molecule has 25 heavy (non-hydrogen) atoms. The molecule has 7 heteroatoms. The molecule has 3 aliphatic heterocycles. The van der Waals surface area contributed by atoms with Crippen LogP contribution in [0.15, 0.2) is 26.7 Å². The quantitative estimate of drug-likeness (QED) is 0.822. The summed E-state index contributed by atoms with van der Waals surface area (Å²) in [5, 5.41) is 7.36. The van der Waals surface area contributed by atoms with Gasteiger partial charge < -0.3 is 14.3 Å². The maximum atomic E-state index is 13.0. The zero-order valence-corrected chi connectivity index (χ0v) is 15.6. The van der Waals surface area contributed by atoms with E-state index in [1.165, 1.54) is 0 Å². The van der Waals surface area contributed by atoms with Crippen molar-refractivity contribution in [1.82, 2.24) is 15.0 Å². The highest BCUT2D eigenvalue weighted by Crippen LogP contribution is 2.35. The van der Waals surface area contributed by atoms with E-state index in [0.717, 1.165) is 61.2 Å². The second-order valence-corrected chi connectivity index (χ2v) is 7.96. The van der Waals surface area contributed by atoms with E-state index in [1.807, 2.05) is 11.0 Å². The Kier molecular flexibility index (Phi) is 4.58. The SMILES string of the molecule is CC(C)c1cc(C2CCCN2C(=O)CC2=CSC3=NCCCN23)no1. The summed E-state index contributed by atoms with van der Waals surface area (Å²) in [4.78, 5) is 21.7. The molecule has 0 bridgehead atoms. The van der Waals surface area contributed by atoms with Crippen LogP contribution in [0.2, 0.25) is 0 Å². The van der Waals surface area contributed by atoms with Gasteiger partial charge in [0.15, 0.2) is 5.17 Å². The molecule has 1 atom stereocenters. The van der Waals surface area contributed by atoms with Gasteiger partial charge in [-0.25, -0.2) is 0 Å². The highest BCUT2D eigenvalue weighted by Gasteiger charge is 2.34. The Bertz CT molecular complexity index is 724. The van der Waals surface area contributed by atoms with Gasteiger partial charge in [-0.2, -0.15) is 0 Å². The number of aliphatic imine (C=N–C) groups is 1. The number of amidine groups is 1. The predicted octanol–water partition coefficient (Wildman–Crippen LogP) is 3.50. The fraction of sp³-hybridized carbons (Fsp3) is 0.611. The monoisotopic (exact) mass is 360 g/mol. The fourth-order valence-corrected chi connectivity index (χ4v) is 4.59. The average molecular weight is 360 g/mol. The summed E-state index contributed by atoms with van der Waals surface area (Å²) in [6, 6.07) is 2.06. The zero-order valence-electron chi connectivity index (χ0n) is 14.8. The third kappa shape index (κ3) is 3.21. The minimum Gasteiger partial charge on any atom is -0.361 e. The maximum absolute atomic E-state index is 13.0. The predicted molar refractivity (Wildman–Crippen MR) is 98.2 cm³/mol. The van der Waals surface area contributed by atoms with E-state index < -0.39 is 0 Å². The normalized spacial score (nSPS) is 23.1. The van der Waals surface area contributed by atoms with Gasteiger partial charge in [-0.05, 0) is 24.7 Å². The van der Waals surface area contributed by atoms with E-state index in [2.05, 4.69) is 34.3 Å². The van der Waals surface area contributed by atoms with Gasteiger partial charge >= 0.3 is 0 Å². The van der Waals surface area contributed by atoms with Crippen molar-refractivity contribution in [3.05, 3.63) is 28.6 Å². The second-order valence-electron chi connectivity index (χ2n) is 7.13. The number of aromatic nitrogens is 1. The number of hydrogen-bond donors (Lipinski definition) is 0. The lowest BCUT2D eigenvalue weighted by atomic mass is 10.1. The van der Waals surface area contributed by atoms with Crippen LogP contribution in [-0.2, 0) is 4.79 Å². The molecule has 3 aliphatic rings. The Morgan fingerprint density at radius 2 is 2.28 bits per heavy atom. The van der Waals surface area contributed by atoms with E-state index in [1.54, 1.807) is 11.8 Å². The molecule has 1 amide bonds. The minimum absolute atomic E-state index is 0.0490. The van der Waals surface area contributed by atoms with Crippen LogP contribution >= 0.6 is 11.8 Å². The zero-order chi connectivity index (χ0) is 17.4. The number of thioether (sulfide) groups is 1. The van der Waals surface area contributed by atoms with Crippen molar-refractivity contribution in [1.29, 1.82) is 0 Å². The van der Waals surface area contributed by atoms with Gasteiger partial charge in [-0.3, -0.25) is 9.79 Å². The number of fused-ring (bicyclic) bond motifs is 1. The van der Waals surface area contributed by atoms with Crippen molar-refractivity contribution in [2.75, 3.05) is 19.6 Å². The highest BCUT2D eigenvalue weighted by molar-refractivity contribution is 8.16. The first-order valence-corrected chi connectivity index (χ1v) is 9.95. The molecule has 1 aromatic rings. The van der Waals surface area contributed by atoms with E-state index in [0.29, 0.717) is 12.3 Å². The topological polar surface area (TPSA) is 61.9 Å². The van der Waals surface area contributed by atoms with Crippen molar-refractivity contribution in [3.8, 4) is 0 Å². The number of nitrogens with zero attached hydrogens (tertiary/aromatic N) is 4. The smallest absolute Gasteiger partial charge is 0.229 e. The van der Waals surface area contributed by atoms with Crippen LogP contribution in [0.1, 0.15) is 62.9 Å². The van der Waals surface area contributed by atoms with Gasteiger partial charge in [0.05, 0.1) is 12.5 Å². The van der Waals surface area contributed by atoms with Crippen LogP contribution in [0.25, 0.3) is 0 Å². The first-order chi connectivity index (χ1) is 12.1. The molecule has 4 rings (SSSR count). The lowest BCUT2D eigenvalue weighted by Gasteiger charge is -2.28. The molecule has 134 valence electrons. The summed E-state index contributed by atoms with van der Waals surface area (Å²) in [7, 11) is 0. The van der Waals surface area contributed by atoms with Crippen molar-refractivity contribution < 1.29 is 9.32 Å². The van der Waals surface area contributed by atoms with Crippen molar-refractivity contribution >= 4 is 22.8 Å². The van der Waals surface area contributed by atoms with Gasteiger partial charge in [0.2, 0.25) is 5.91 Å². The van der Waals surface area contributed by atoms with Crippen LogP contribution in [0.3, 0.4) is 0 Å². The fourth-order valence-electron chi connectivity index (χ4n) is 3.64. The standard InChI is InChI=1S/C18H24N4O2S/c1-12(2)16-10-14(20-24-16)15-5-3-7-22(15)17(23)9-13-11-25-18-19-6-4-8-21(13)18/h10-12,15H,3-9H2,1-2H3. The molecular formula is C18H24N4O2S. The summed E-state index contributed by atoms with van der Waals surface area (Å²) in [6.07, 6.45) is 3.47. The Hall–Kier alpha value is -1.76.